The number of para-hydroxylation sites is 1. The van der Waals surface area contributed by atoms with E-state index in [0.717, 1.165) is 56.3 Å². The Labute approximate surface area is 379 Å². The first-order valence-electron chi connectivity index (χ1n) is 22.8. The molecule has 0 fully saturated rings. The van der Waals surface area contributed by atoms with Crippen molar-refractivity contribution in [3.63, 3.8) is 0 Å². The molecule has 312 valence electrons. The zero-order valence-electron chi connectivity index (χ0n) is 37.2. The minimum atomic E-state index is 0.0675. The van der Waals surface area contributed by atoms with Crippen LogP contribution in [0.4, 0.5) is 0 Å². The first kappa shape index (κ1) is 38.9. The van der Waals surface area contributed by atoms with Crippen LogP contribution in [0, 0.1) is 0 Å². The van der Waals surface area contributed by atoms with E-state index in [1.54, 1.807) is 0 Å². The van der Waals surface area contributed by atoms with E-state index in [1.807, 2.05) is 0 Å². The van der Waals surface area contributed by atoms with E-state index < -0.39 is 0 Å². The number of aromatic nitrogens is 4. The summed E-state index contributed by atoms with van der Waals surface area (Å²) in [5, 5.41) is 7.21. The second kappa shape index (κ2) is 15.0. The van der Waals surface area contributed by atoms with Crippen molar-refractivity contribution in [2.45, 2.75) is 51.4 Å². The van der Waals surface area contributed by atoms with Crippen molar-refractivity contribution in [2.24, 2.45) is 0 Å². The predicted molar refractivity (Wildman–Crippen MR) is 272 cm³/mol. The van der Waals surface area contributed by atoms with Crippen LogP contribution in [0.5, 0.6) is 0 Å². The van der Waals surface area contributed by atoms with Gasteiger partial charge in [-0.05, 0) is 121 Å². The van der Waals surface area contributed by atoms with Gasteiger partial charge in [0.1, 0.15) is 0 Å². The lowest BCUT2D eigenvalue weighted by molar-refractivity contribution is 0.332. The minimum absolute atomic E-state index is 0.0675. The number of rotatable bonds is 6. The first-order chi connectivity index (χ1) is 31.7. The Morgan fingerprint density at radius 1 is 0.354 bits per heavy atom. The average molecular weight is 837 g/mol. The van der Waals surface area contributed by atoms with Gasteiger partial charge in [0, 0.05) is 33.2 Å². The van der Waals surface area contributed by atoms with Gasteiger partial charge in [-0.3, -0.25) is 0 Å². The average Bonchev–Trinajstić information content (AvgIpc) is 3.68. The third kappa shape index (κ3) is 6.71. The summed E-state index contributed by atoms with van der Waals surface area (Å²) in [7, 11) is 0. The van der Waals surface area contributed by atoms with Crippen molar-refractivity contribution in [3.05, 3.63) is 205 Å². The number of nitrogens with zero attached hydrogens (tertiary/aromatic N) is 4. The molecule has 0 saturated heterocycles. The highest BCUT2D eigenvalue weighted by Crippen LogP contribution is 2.49. The molecule has 65 heavy (non-hydrogen) atoms. The first-order valence-corrected chi connectivity index (χ1v) is 22.8. The van der Waals surface area contributed by atoms with Gasteiger partial charge in [0.15, 0.2) is 17.5 Å². The number of fused-ring (bicyclic) bond motifs is 6. The molecule has 0 radical (unpaired) electrons. The molecule has 2 aromatic heterocycles. The molecule has 2 heterocycles. The van der Waals surface area contributed by atoms with Crippen LogP contribution in [-0.4, -0.2) is 19.5 Å². The van der Waals surface area contributed by atoms with E-state index in [-0.39, 0.29) is 10.8 Å². The highest BCUT2D eigenvalue weighted by Gasteiger charge is 2.38. The summed E-state index contributed by atoms with van der Waals surface area (Å²) in [5.41, 5.74) is 14.0. The van der Waals surface area contributed by atoms with Gasteiger partial charge in [0.25, 0.3) is 0 Å². The van der Waals surface area contributed by atoms with Gasteiger partial charge in [-0.25, -0.2) is 15.0 Å². The fraction of sp³-hybridized carbons (Fsp3) is 0.131. The topological polar surface area (TPSA) is 43.6 Å². The van der Waals surface area contributed by atoms with E-state index in [9.17, 15) is 0 Å². The third-order valence-corrected chi connectivity index (χ3v) is 14.1. The summed E-state index contributed by atoms with van der Waals surface area (Å²) in [6.45, 7) is 9.65. The van der Waals surface area contributed by atoms with Crippen molar-refractivity contribution >= 4 is 43.4 Å². The minimum Gasteiger partial charge on any atom is -0.309 e. The molecular formula is C61H48N4. The molecule has 0 N–H and O–H groups in total. The Hall–Kier alpha value is -7.69. The lowest BCUT2D eigenvalue weighted by atomic mass is 9.63. The largest absolute Gasteiger partial charge is 0.309 e. The zero-order valence-corrected chi connectivity index (χ0v) is 37.2. The van der Waals surface area contributed by atoms with Crippen LogP contribution in [0.2, 0.25) is 0 Å². The Kier molecular flexibility index (Phi) is 8.96. The molecule has 0 unspecified atom stereocenters. The molecule has 0 atom stereocenters. The van der Waals surface area contributed by atoms with E-state index in [0.29, 0.717) is 17.5 Å². The van der Waals surface area contributed by atoms with Crippen molar-refractivity contribution < 1.29 is 0 Å². The quantitative estimate of drug-likeness (QED) is 0.168. The van der Waals surface area contributed by atoms with Crippen LogP contribution in [0.25, 0.3) is 105 Å². The van der Waals surface area contributed by atoms with Gasteiger partial charge in [0.2, 0.25) is 0 Å². The smallest absolute Gasteiger partial charge is 0.164 e. The molecule has 0 spiro atoms. The maximum atomic E-state index is 5.39. The van der Waals surface area contributed by atoms with Crippen molar-refractivity contribution in [3.8, 4) is 62.1 Å². The van der Waals surface area contributed by atoms with Gasteiger partial charge < -0.3 is 4.57 Å². The van der Waals surface area contributed by atoms with Gasteiger partial charge in [-0.15, -0.1) is 0 Å². The van der Waals surface area contributed by atoms with Crippen LogP contribution >= 0.6 is 0 Å². The molecule has 11 aromatic rings. The van der Waals surface area contributed by atoms with E-state index in [1.165, 1.54) is 55.7 Å². The van der Waals surface area contributed by atoms with Crippen LogP contribution in [0.3, 0.4) is 0 Å². The monoisotopic (exact) mass is 836 g/mol. The number of hydrogen-bond acceptors (Lipinski definition) is 3. The maximum absolute atomic E-state index is 5.39. The standard InChI is InChI=1S/C61H48N4/c1-60(2)31-32-61(3,4)54-38-56-51(37-53(54)60)50-23-12-13-24-55(50)65(56)48-35-46-19-10-11-22-49(46)52(36-48)59-63-57(62-58(64-59)47-21-14-20-44(34-47)39-15-6-5-7-16-39)42-28-25-41(26-29-42)45-30-27-40-17-8-9-18-43(40)33-45/h5-30,33-38H,31-32H2,1-4H3. The van der Waals surface area contributed by atoms with Crippen molar-refractivity contribution in [2.75, 3.05) is 0 Å². The Morgan fingerprint density at radius 2 is 0.908 bits per heavy atom. The summed E-state index contributed by atoms with van der Waals surface area (Å²) in [4.78, 5) is 16.0. The fourth-order valence-corrected chi connectivity index (χ4v) is 10.3. The van der Waals surface area contributed by atoms with E-state index in [2.05, 4.69) is 226 Å². The Bertz CT molecular complexity index is 3650. The van der Waals surface area contributed by atoms with Crippen LogP contribution in [0.1, 0.15) is 51.7 Å². The Balaban J connectivity index is 1.07. The van der Waals surface area contributed by atoms with Crippen molar-refractivity contribution in [1.29, 1.82) is 0 Å². The number of benzene rings is 9. The SMILES string of the molecule is CC1(C)CCC(C)(C)c2cc3c(cc21)c1ccccc1n3-c1cc(-c2nc(-c3ccc(-c4ccc5ccccc5c4)cc3)nc(-c3cccc(-c4ccccc4)c3)n2)c2ccccc2c1. The highest BCUT2D eigenvalue weighted by molar-refractivity contribution is 6.10. The van der Waals surface area contributed by atoms with Gasteiger partial charge in [0.05, 0.1) is 11.0 Å². The molecule has 12 rings (SSSR count). The van der Waals surface area contributed by atoms with Crippen LogP contribution in [0.15, 0.2) is 194 Å². The molecule has 0 bridgehead atoms. The second-order valence-electron chi connectivity index (χ2n) is 19.1. The molecule has 0 saturated carbocycles. The number of hydrogen-bond donors (Lipinski definition) is 0. The van der Waals surface area contributed by atoms with Gasteiger partial charge in [-0.1, -0.05) is 179 Å². The molecule has 4 heteroatoms. The predicted octanol–water partition coefficient (Wildman–Crippen LogP) is 16.0. The van der Waals surface area contributed by atoms with Gasteiger partial charge in [-0.2, -0.15) is 0 Å². The van der Waals surface area contributed by atoms with E-state index in [4.69, 9.17) is 15.0 Å². The van der Waals surface area contributed by atoms with E-state index >= 15 is 0 Å². The molecule has 1 aliphatic carbocycles. The fourth-order valence-electron chi connectivity index (χ4n) is 10.3. The van der Waals surface area contributed by atoms with Crippen molar-refractivity contribution in [1.82, 2.24) is 19.5 Å². The Morgan fingerprint density at radius 3 is 1.69 bits per heavy atom. The van der Waals surface area contributed by atoms with Crippen LogP contribution in [-0.2, 0) is 10.8 Å². The molecular weight excluding hydrogens is 789 g/mol. The van der Waals surface area contributed by atoms with Crippen LogP contribution < -0.4 is 0 Å². The van der Waals surface area contributed by atoms with Gasteiger partial charge >= 0.3 is 0 Å². The second-order valence-corrected chi connectivity index (χ2v) is 19.1. The molecule has 1 aliphatic rings. The molecule has 0 amide bonds. The zero-order chi connectivity index (χ0) is 43.9. The summed E-state index contributed by atoms with van der Waals surface area (Å²) in [6.07, 6.45) is 2.33. The lowest BCUT2D eigenvalue weighted by Crippen LogP contribution is -2.33. The summed E-state index contributed by atoms with van der Waals surface area (Å²) in [5.74, 6) is 1.89. The molecule has 0 aliphatic heterocycles. The third-order valence-electron chi connectivity index (χ3n) is 14.1. The summed E-state index contributed by atoms with van der Waals surface area (Å²) >= 11 is 0. The summed E-state index contributed by atoms with van der Waals surface area (Å²) in [6, 6.07) is 70.0. The maximum Gasteiger partial charge on any atom is 0.164 e. The normalized spacial score (nSPS) is 14.3. The highest BCUT2D eigenvalue weighted by atomic mass is 15.0. The molecule has 9 aromatic carbocycles. The summed E-state index contributed by atoms with van der Waals surface area (Å²) < 4.78 is 2.47. The molecule has 4 nitrogen and oxygen atoms in total. The lowest BCUT2D eigenvalue weighted by Gasteiger charge is -2.42.